The van der Waals surface area contributed by atoms with E-state index in [2.05, 4.69) is 33.0 Å². The van der Waals surface area contributed by atoms with Crippen LogP contribution in [0.2, 0.25) is 0 Å². The lowest BCUT2D eigenvalue weighted by molar-refractivity contribution is 0.448. The number of rotatable bonds is 6. The highest BCUT2D eigenvalue weighted by Gasteiger charge is 2.01. The van der Waals surface area contributed by atoms with Gasteiger partial charge in [0.2, 0.25) is 0 Å². The molecule has 0 rings (SSSR count). The summed E-state index contributed by atoms with van der Waals surface area (Å²) in [4.78, 5) is 0. The lowest BCUT2D eigenvalue weighted by Gasteiger charge is -2.16. The van der Waals surface area contributed by atoms with Gasteiger partial charge in [0.05, 0.1) is 0 Å². The van der Waals surface area contributed by atoms with Crippen LogP contribution in [0.1, 0.15) is 53.4 Å². The minimum absolute atomic E-state index is 0.631. The largest absolute Gasteiger partial charge is 0.312 e. The van der Waals surface area contributed by atoms with Crippen molar-refractivity contribution in [3.8, 4) is 0 Å². The van der Waals surface area contributed by atoms with Crippen LogP contribution in [0.15, 0.2) is 0 Å². The summed E-state index contributed by atoms with van der Waals surface area (Å²) >= 11 is 0. The van der Waals surface area contributed by atoms with Crippen molar-refractivity contribution in [1.82, 2.24) is 5.32 Å². The van der Waals surface area contributed by atoms with Crippen molar-refractivity contribution in [3.05, 3.63) is 0 Å². The van der Waals surface area contributed by atoms with Crippen LogP contribution in [0.5, 0.6) is 0 Å². The second-order valence-electron chi connectivity index (χ2n) is 3.72. The molecule has 0 radical (unpaired) electrons. The molecule has 0 aromatic rings. The van der Waals surface area contributed by atoms with Gasteiger partial charge >= 0.3 is 0 Å². The van der Waals surface area contributed by atoms with E-state index in [9.17, 15) is 0 Å². The molecule has 1 atom stereocenters. The molecule has 68 valence electrons. The number of hydrogen-bond donors (Lipinski definition) is 1. The van der Waals surface area contributed by atoms with Gasteiger partial charge in [-0.05, 0) is 13.3 Å². The first kappa shape index (κ1) is 11.0. The van der Waals surface area contributed by atoms with Crippen LogP contribution < -0.4 is 5.32 Å². The molecule has 0 spiro atoms. The third-order valence-electron chi connectivity index (χ3n) is 1.86. The second-order valence-corrected chi connectivity index (χ2v) is 3.72. The fourth-order valence-corrected chi connectivity index (χ4v) is 1.35. The van der Waals surface area contributed by atoms with Crippen molar-refractivity contribution in [2.75, 3.05) is 0 Å². The predicted molar refractivity (Wildman–Crippen MR) is 51.9 cm³/mol. The van der Waals surface area contributed by atoms with E-state index in [1.54, 1.807) is 0 Å². The minimum Gasteiger partial charge on any atom is -0.312 e. The van der Waals surface area contributed by atoms with Gasteiger partial charge in [0, 0.05) is 12.1 Å². The maximum absolute atomic E-state index is 3.50. The Hall–Kier alpha value is -0.0400. The van der Waals surface area contributed by atoms with Crippen LogP contribution in [-0.4, -0.2) is 12.1 Å². The Balaban J connectivity index is 3.15. The van der Waals surface area contributed by atoms with E-state index in [0.717, 1.165) is 0 Å². The van der Waals surface area contributed by atoms with Gasteiger partial charge in [-0.2, -0.15) is 0 Å². The van der Waals surface area contributed by atoms with Gasteiger partial charge in [-0.3, -0.25) is 0 Å². The molecule has 0 bridgehead atoms. The zero-order valence-corrected chi connectivity index (χ0v) is 8.48. The summed E-state index contributed by atoms with van der Waals surface area (Å²) in [6.45, 7) is 8.93. The van der Waals surface area contributed by atoms with E-state index >= 15 is 0 Å². The minimum atomic E-state index is 0.631. The van der Waals surface area contributed by atoms with Crippen LogP contribution in [0.25, 0.3) is 0 Å². The van der Waals surface area contributed by atoms with Crippen molar-refractivity contribution < 1.29 is 0 Å². The lowest BCUT2D eigenvalue weighted by Crippen LogP contribution is -2.32. The lowest BCUT2D eigenvalue weighted by atomic mass is 10.1. The monoisotopic (exact) mass is 157 g/mol. The summed E-state index contributed by atoms with van der Waals surface area (Å²) in [5.74, 6) is 0. The molecule has 1 unspecified atom stereocenters. The van der Waals surface area contributed by atoms with Gasteiger partial charge in [0.15, 0.2) is 0 Å². The van der Waals surface area contributed by atoms with Gasteiger partial charge in [0.1, 0.15) is 0 Å². The van der Waals surface area contributed by atoms with Gasteiger partial charge in [-0.25, -0.2) is 0 Å². The molecule has 0 aromatic carbocycles. The Bertz CT molecular complexity index is 78.9. The maximum Gasteiger partial charge on any atom is 0.00410 e. The first-order chi connectivity index (χ1) is 5.16. The molecule has 0 aromatic heterocycles. The average molecular weight is 157 g/mol. The van der Waals surface area contributed by atoms with Gasteiger partial charge in [0.25, 0.3) is 0 Å². The average Bonchev–Trinajstić information content (AvgIpc) is 1.86. The van der Waals surface area contributed by atoms with Crippen LogP contribution in [-0.2, 0) is 0 Å². The molecule has 1 nitrogen and oxygen atoms in total. The van der Waals surface area contributed by atoms with Crippen LogP contribution >= 0.6 is 0 Å². The Morgan fingerprint density at radius 3 is 2.18 bits per heavy atom. The maximum atomic E-state index is 3.50. The number of unbranched alkanes of at least 4 members (excludes halogenated alkanes) is 2. The number of nitrogens with one attached hydrogen (secondary N) is 1. The Labute approximate surface area is 71.6 Å². The van der Waals surface area contributed by atoms with E-state index in [4.69, 9.17) is 0 Å². The van der Waals surface area contributed by atoms with E-state index in [1.807, 2.05) is 0 Å². The number of hydrogen-bond acceptors (Lipinski definition) is 1. The predicted octanol–water partition coefficient (Wildman–Crippen LogP) is 2.95. The highest BCUT2D eigenvalue weighted by atomic mass is 14.9. The van der Waals surface area contributed by atoms with E-state index in [1.165, 1.54) is 25.7 Å². The molecule has 0 saturated heterocycles. The van der Waals surface area contributed by atoms with E-state index in [-0.39, 0.29) is 0 Å². The Morgan fingerprint density at radius 1 is 1.09 bits per heavy atom. The van der Waals surface area contributed by atoms with Crippen molar-refractivity contribution in [2.45, 2.75) is 65.5 Å². The first-order valence-electron chi connectivity index (χ1n) is 4.92. The van der Waals surface area contributed by atoms with Gasteiger partial charge < -0.3 is 5.32 Å². The fourth-order valence-electron chi connectivity index (χ4n) is 1.35. The quantitative estimate of drug-likeness (QED) is 0.584. The van der Waals surface area contributed by atoms with E-state index in [0.29, 0.717) is 12.1 Å². The zero-order valence-electron chi connectivity index (χ0n) is 8.48. The molecule has 1 heteroatoms. The highest BCUT2D eigenvalue weighted by molar-refractivity contribution is 4.63. The molecule has 0 fully saturated rings. The van der Waals surface area contributed by atoms with Crippen molar-refractivity contribution in [1.29, 1.82) is 0 Å². The SMILES string of the molecule is CCCCCC(C)NC(C)C. The summed E-state index contributed by atoms with van der Waals surface area (Å²) < 4.78 is 0. The van der Waals surface area contributed by atoms with Gasteiger partial charge in [-0.15, -0.1) is 0 Å². The molecule has 0 aliphatic carbocycles. The van der Waals surface area contributed by atoms with Crippen LogP contribution in [0.4, 0.5) is 0 Å². The van der Waals surface area contributed by atoms with Crippen LogP contribution in [0, 0.1) is 0 Å². The normalized spacial score (nSPS) is 13.9. The Kier molecular flexibility index (Phi) is 6.63. The molecule has 0 amide bonds. The fraction of sp³-hybridized carbons (Fsp3) is 1.00. The molecular weight excluding hydrogens is 134 g/mol. The van der Waals surface area contributed by atoms with Crippen LogP contribution in [0.3, 0.4) is 0 Å². The summed E-state index contributed by atoms with van der Waals surface area (Å²) in [6, 6.07) is 1.33. The summed E-state index contributed by atoms with van der Waals surface area (Å²) in [5.41, 5.74) is 0. The molecule has 11 heavy (non-hydrogen) atoms. The first-order valence-corrected chi connectivity index (χ1v) is 4.92. The second kappa shape index (κ2) is 6.66. The third kappa shape index (κ3) is 7.86. The molecule has 0 saturated carbocycles. The summed E-state index contributed by atoms with van der Waals surface area (Å²) in [6.07, 6.45) is 5.40. The zero-order chi connectivity index (χ0) is 8.69. The van der Waals surface area contributed by atoms with Crippen molar-refractivity contribution in [2.24, 2.45) is 0 Å². The highest BCUT2D eigenvalue weighted by Crippen LogP contribution is 2.03. The van der Waals surface area contributed by atoms with Crippen molar-refractivity contribution >= 4 is 0 Å². The Morgan fingerprint density at radius 2 is 1.73 bits per heavy atom. The summed E-state index contributed by atoms with van der Waals surface area (Å²) in [5, 5.41) is 3.50. The molecule has 0 heterocycles. The molecule has 1 N–H and O–H groups in total. The van der Waals surface area contributed by atoms with E-state index < -0.39 is 0 Å². The van der Waals surface area contributed by atoms with Crippen molar-refractivity contribution in [3.63, 3.8) is 0 Å². The molecular formula is C10H23N. The van der Waals surface area contributed by atoms with Gasteiger partial charge in [-0.1, -0.05) is 40.0 Å². The summed E-state index contributed by atoms with van der Waals surface area (Å²) in [7, 11) is 0. The standard InChI is InChI=1S/C10H23N/c1-5-6-7-8-10(4)11-9(2)3/h9-11H,5-8H2,1-4H3. The molecule has 0 aliphatic heterocycles. The smallest absolute Gasteiger partial charge is 0.00410 e. The third-order valence-corrected chi connectivity index (χ3v) is 1.86. The molecule has 0 aliphatic rings. The topological polar surface area (TPSA) is 12.0 Å².